The zero-order valence-electron chi connectivity index (χ0n) is 27.9. The van der Waals surface area contributed by atoms with Gasteiger partial charge in [0, 0.05) is 62.8 Å². The number of methoxy groups -OCH3 is 2. The van der Waals surface area contributed by atoms with Gasteiger partial charge in [-0.2, -0.15) is 4.98 Å². The Balaban J connectivity index is 1.20. The lowest BCUT2D eigenvalue weighted by Crippen LogP contribution is -2.52. The van der Waals surface area contributed by atoms with Crippen molar-refractivity contribution in [2.45, 2.75) is 51.0 Å². The number of aryl methyl sites for hydroxylation is 1. The highest BCUT2D eigenvalue weighted by Crippen LogP contribution is 2.42. The molecule has 10 heteroatoms. The number of ether oxygens (including phenoxy) is 2. The summed E-state index contributed by atoms with van der Waals surface area (Å²) in [7, 11) is 5.32. The van der Waals surface area contributed by atoms with E-state index in [2.05, 4.69) is 88.0 Å². The molecule has 2 N–H and O–H groups in total. The molecule has 3 aromatic rings. The van der Waals surface area contributed by atoms with Crippen molar-refractivity contribution in [3.8, 4) is 11.5 Å². The van der Waals surface area contributed by atoms with E-state index in [4.69, 9.17) is 14.5 Å². The van der Waals surface area contributed by atoms with E-state index >= 15 is 0 Å². The maximum Gasteiger partial charge on any atom is 0.229 e. The van der Waals surface area contributed by atoms with Gasteiger partial charge in [-0.05, 0) is 93.0 Å². The van der Waals surface area contributed by atoms with Gasteiger partial charge < -0.3 is 29.9 Å². The maximum atomic E-state index is 5.93. The van der Waals surface area contributed by atoms with Crippen molar-refractivity contribution in [1.82, 2.24) is 19.8 Å². The molecule has 6 rings (SSSR count). The normalized spacial score (nSPS) is 18.3. The smallest absolute Gasteiger partial charge is 0.229 e. The minimum Gasteiger partial charge on any atom is -0.494 e. The van der Waals surface area contributed by atoms with Gasteiger partial charge in [0.15, 0.2) is 11.6 Å². The van der Waals surface area contributed by atoms with Crippen LogP contribution in [0.25, 0.3) is 0 Å². The molecule has 0 unspecified atom stereocenters. The molecule has 3 fully saturated rings. The average Bonchev–Trinajstić information content (AvgIpc) is 3.91. The fourth-order valence-electron chi connectivity index (χ4n) is 6.73. The monoisotopic (exact) mass is 631 g/mol. The van der Waals surface area contributed by atoms with E-state index in [1.165, 1.54) is 74.0 Å². The van der Waals surface area contributed by atoms with E-state index in [9.17, 15) is 0 Å². The van der Waals surface area contributed by atoms with Crippen LogP contribution in [0.2, 0.25) is 0 Å². The Kier molecular flexibility index (Phi) is 9.98. The van der Waals surface area contributed by atoms with Crippen LogP contribution in [0.15, 0.2) is 36.5 Å². The van der Waals surface area contributed by atoms with Crippen LogP contribution in [0.1, 0.15) is 49.7 Å². The van der Waals surface area contributed by atoms with Crippen molar-refractivity contribution in [2.75, 3.05) is 89.4 Å². The number of nitrogens with one attached hydrogen (secondary N) is 2. The van der Waals surface area contributed by atoms with E-state index in [1.807, 2.05) is 0 Å². The molecule has 2 aromatic carbocycles. The molecule has 1 saturated carbocycles. The Morgan fingerprint density at radius 1 is 0.867 bits per heavy atom. The maximum absolute atomic E-state index is 5.93. The lowest BCUT2D eigenvalue weighted by atomic mass is 9.99. The number of hydrogen-bond donors (Lipinski definition) is 2. The third kappa shape index (κ3) is 7.32. The molecule has 0 amide bonds. The van der Waals surface area contributed by atoms with Crippen LogP contribution >= 0.6 is 7.92 Å². The van der Waals surface area contributed by atoms with Gasteiger partial charge in [-0.25, -0.2) is 4.98 Å². The summed E-state index contributed by atoms with van der Waals surface area (Å²) in [6.45, 7) is 13.7. The molecule has 0 atom stereocenters. The van der Waals surface area contributed by atoms with Gasteiger partial charge in [-0.1, -0.05) is 20.9 Å². The summed E-state index contributed by atoms with van der Waals surface area (Å²) in [6.07, 6.45) is 7.65. The number of piperidine rings is 1. The average molecular weight is 632 g/mol. The van der Waals surface area contributed by atoms with Gasteiger partial charge in [-0.15, -0.1) is 0 Å². The molecule has 3 aliphatic rings. The number of hydrogen-bond acceptors (Lipinski definition) is 9. The SMILES string of the molecule is CCc1cc(Nc2ncc(OC)c(Nc3ccc(C4CC4)cc3P(C)C)n2)c(OC)cc1N1CCC(N2CCN(C)CC2)CC1. The highest BCUT2D eigenvalue weighted by molar-refractivity contribution is 7.64. The molecule has 0 bridgehead atoms. The van der Waals surface area contributed by atoms with Crippen molar-refractivity contribution in [3.05, 3.63) is 47.7 Å². The highest BCUT2D eigenvalue weighted by atomic mass is 31.1. The Morgan fingerprint density at radius 3 is 2.24 bits per heavy atom. The number of benzene rings is 2. The lowest BCUT2D eigenvalue weighted by Gasteiger charge is -2.43. The van der Waals surface area contributed by atoms with Gasteiger partial charge in [0.05, 0.1) is 26.1 Å². The fraction of sp³-hybridized carbons (Fsp3) is 0.543. The first-order chi connectivity index (χ1) is 21.9. The molecule has 3 heterocycles. The summed E-state index contributed by atoms with van der Waals surface area (Å²) in [5.74, 6) is 3.25. The van der Waals surface area contributed by atoms with Crippen LogP contribution in [0, 0.1) is 0 Å². The second-order valence-electron chi connectivity index (χ2n) is 12.9. The molecular formula is C35H50N7O2P. The molecule has 9 nitrogen and oxygen atoms in total. The summed E-state index contributed by atoms with van der Waals surface area (Å²) in [5.41, 5.74) is 5.95. The summed E-state index contributed by atoms with van der Waals surface area (Å²) in [5, 5.41) is 8.39. The molecule has 2 aliphatic heterocycles. The number of nitrogens with zero attached hydrogens (tertiary/aromatic N) is 5. The van der Waals surface area contributed by atoms with Crippen molar-refractivity contribution in [2.24, 2.45) is 0 Å². The number of aromatic nitrogens is 2. The molecular weight excluding hydrogens is 581 g/mol. The number of anilines is 5. The topological polar surface area (TPSA) is 78.0 Å². The zero-order valence-corrected chi connectivity index (χ0v) is 28.8. The van der Waals surface area contributed by atoms with Crippen LogP contribution in [-0.4, -0.2) is 99.7 Å². The lowest BCUT2D eigenvalue weighted by molar-refractivity contribution is 0.0982. The third-order valence-electron chi connectivity index (χ3n) is 9.67. The largest absolute Gasteiger partial charge is 0.494 e. The van der Waals surface area contributed by atoms with Crippen LogP contribution in [0.3, 0.4) is 0 Å². The van der Waals surface area contributed by atoms with Gasteiger partial charge in [0.1, 0.15) is 5.75 Å². The zero-order chi connectivity index (χ0) is 31.5. The standard InChI is InChI=1S/C35H50N7O2P/c1-7-24-20-29(31(43-3)22-30(24)42-14-12-27(13-15-42)41-18-16-40(2)17-19-41)38-35-36-23-32(44-4)34(39-35)37-28-11-10-26(25-8-9-25)21-33(28)45(5)6/h10-11,20-23,25,27H,7-9,12-19H2,1-6H3,(H2,36,37,38,39). The Labute approximate surface area is 270 Å². The minimum absolute atomic E-state index is 0.303. The van der Waals surface area contributed by atoms with E-state index < -0.39 is 0 Å². The van der Waals surface area contributed by atoms with Gasteiger partial charge in [-0.3, -0.25) is 4.90 Å². The van der Waals surface area contributed by atoms with Gasteiger partial charge >= 0.3 is 0 Å². The summed E-state index contributed by atoms with van der Waals surface area (Å²) in [6, 6.07) is 11.9. The quantitative estimate of drug-likeness (QED) is 0.248. The van der Waals surface area contributed by atoms with E-state index in [1.54, 1.807) is 20.4 Å². The molecule has 1 aromatic heterocycles. The molecule has 0 radical (unpaired) electrons. The van der Waals surface area contributed by atoms with Crippen LogP contribution in [0.4, 0.5) is 28.8 Å². The van der Waals surface area contributed by atoms with Crippen LogP contribution in [-0.2, 0) is 6.42 Å². The first-order valence-corrected chi connectivity index (χ1v) is 18.7. The van der Waals surface area contributed by atoms with E-state index in [0.717, 1.165) is 42.6 Å². The van der Waals surface area contributed by atoms with Crippen molar-refractivity contribution in [3.63, 3.8) is 0 Å². The number of piperazine rings is 1. The van der Waals surface area contributed by atoms with E-state index in [0.29, 0.717) is 23.6 Å². The second kappa shape index (κ2) is 14.1. The predicted octanol–water partition coefficient (Wildman–Crippen LogP) is 6.00. The van der Waals surface area contributed by atoms with Gasteiger partial charge in [0.2, 0.25) is 5.95 Å². The Morgan fingerprint density at radius 2 is 1.60 bits per heavy atom. The van der Waals surface area contributed by atoms with Crippen molar-refractivity contribution >= 4 is 42.1 Å². The molecule has 0 spiro atoms. The molecule has 242 valence electrons. The number of likely N-dealkylation sites (N-methyl/N-ethyl adjacent to an activating group) is 1. The highest BCUT2D eigenvalue weighted by Gasteiger charge is 2.28. The Hall–Kier alpha value is -3.13. The molecule has 1 aliphatic carbocycles. The van der Waals surface area contributed by atoms with Gasteiger partial charge in [0.25, 0.3) is 0 Å². The molecule has 45 heavy (non-hydrogen) atoms. The summed E-state index contributed by atoms with van der Waals surface area (Å²) < 4.78 is 11.6. The Bertz CT molecular complexity index is 1460. The van der Waals surface area contributed by atoms with Crippen LogP contribution < -0.4 is 30.3 Å². The summed E-state index contributed by atoms with van der Waals surface area (Å²) >= 11 is 0. The minimum atomic E-state index is -0.303. The summed E-state index contributed by atoms with van der Waals surface area (Å²) in [4.78, 5) is 17.2. The first kappa shape index (κ1) is 31.8. The first-order valence-electron chi connectivity index (χ1n) is 16.5. The van der Waals surface area contributed by atoms with Crippen molar-refractivity contribution in [1.29, 1.82) is 0 Å². The van der Waals surface area contributed by atoms with Crippen LogP contribution in [0.5, 0.6) is 11.5 Å². The fourth-order valence-corrected chi connectivity index (χ4v) is 7.75. The third-order valence-corrected chi connectivity index (χ3v) is 11.0. The van der Waals surface area contributed by atoms with Crippen molar-refractivity contribution < 1.29 is 9.47 Å². The number of rotatable bonds is 11. The second-order valence-corrected chi connectivity index (χ2v) is 15.2. The van der Waals surface area contributed by atoms with E-state index in [-0.39, 0.29) is 7.92 Å². The predicted molar refractivity (Wildman–Crippen MR) is 189 cm³/mol. The molecule has 2 saturated heterocycles.